The van der Waals surface area contributed by atoms with Crippen LogP contribution in [0.5, 0.6) is 0 Å². The van der Waals surface area contributed by atoms with Gasteiger partial charge < -0.3 is 10.0 Å². The van der Waals surface area contributed by atoms with E-state index in [1.807, 2.05) is 12.1 Å². The summed E-state index contributed by atoms with van der Waals surface area (Å²) < 4.78 is 0. The average Bonchev–Trinajstić information content (AvgIpc) is 2.98. The molecular formula is C15H15N3O2. The molecule has 3 rings (SSSR count). The molecule has 5 nitrogen and oxygen atoms in total. The lowest BCUT2D eigenvalue weighted by molar-refractivity contribution is 0.0695. The minimum Gasteiger partial charge on any atom is -0.478 e. The molecule has 2 heterocycles. The third-order valence-corrected chi connectivity index (χ3v) is 3.65. The topological polar surface area (TPSA) is 66.3 Å². The molecule has 0 amide bonds. The van der Waals surface area contributed by atoms with Crippen LogP contribution in [0.4, 0.5) is 5.95 Å². The van der Waals surface area contributed by atoms with Gasteiger partial charge in [-0.05, 0) is 24.1 Å². The van der Waals surface area contributed by atoms with Crippen LogP contribution in [0, 0.1) is 0 Å². The summed E-state index contributed by atoms with van der Waals surface area (Å²) in [5.74, 6) is 0.0592. The first-order valence-corrected chi connectivity index (χ1v) is 6.60. The second-order valence-corrected chi connectivity index (χ2v) is 4.87. The minimum atomic E-state index is -0.866. The fourth-order valence-electron chi connectivity index (χ4n) is 2.70. The minimum absolute atomic E-state index is 0.214. The summed E-state index contributed by atoms with van der Waals surface area (Å²) in [6.45, 7) is 1.61. The second-order valence-electron chi connectivity index (χ2n) is 4.87. The van der Waals surface area contributed by atoms with Gasteiger partial charge in [-0.2, -0.15) is 0 Å². The molecule has 1 aromatic carbocycles. The van der Waals surface area contributed by atoms with Crippen LogP contribution in [0.15, 0.2) is 42.7 Å². The van der Waals surface area contributed by atoms with Crippen LogP contribution in [0.3, 0.4) is 0 Å². The van der Waals surface area contributed by atoms with Crippen LogP contribution < -0.4 is 4.90 Å². The quantitative estimate of drug-likeness (QED) is 0.925. The van der Waals surface area contributed by atoms with Crippen LogP contribution in [0.2, 0.25) is 0 Å². The molecule has 2 aromatic rings. The Morgan fingerprint density at radius 2 is 1.95 bits per heavy atom. The molecule has 0 spiro atoms. The van der Waals surface area contributed by atoms with Crippen molar-refractivity contribution in [3.05, 3.63) is 53.9 Å². The summed E-state index contributed by atoms with van der Waals surface area (Å²) in [7, 11) is 0. The van der Waals surface area contributed by atoms with Crippen LogP contribution in [-0.2, 0) is 0 Å². The molecule has 1 N–H and O–H groups in total. The van der Waals surface area contributed by atoms with Gasteiger partial charge in [0, 0.05) is 31.4 Å². The largest absolute Gasteiger partial charge is 0.478 e. The van der Waals surface area contributed by atoms with Gasteiger partial charge in [-0.25, -0.2) is 14.8 Å². The standard InChI is InChI=1S/C15H15N3O2/c19-14(20)13-5-2-1-4-12(13)11-6-9-18(10-11)15-16-7-3-8-17-15/h1-5,7-8,11H,6,9-10H2,(H,19,20). The van der Waals surface area contributed by atoms with E-state index in [0.29, 0.717) is 11.5 Å². The SMILES string of the molecule is O=C(O)c1ccccc1C1CCN(c2ncccn2)C1. The van der Waals surface area contributed by atoms with Crippen molar-refractivity contribution in [2.75, 3.05) is 18.0 Å². The smallest absolute Gasteiger partial charge is 0.335 e. The molecule has 0 aliphatic carbocycles. The number of carboxylic acid groups (broad SMARTS) is 1. The Labute approximate surface area is 116 Å². The van der Waals surface area contributed by atoms with E-state index in [1.165, 1.54) is 0 Å². The molecule has 102 valence electrons. The zero-order chi connectivity index (χ0) is 13.9. The second kappa shape index (κ2) is 5.28. The van der Waals surface area contributed by atoms with E-state index in [1.54, 1.807) is 30.6 Å². The number of anilines is 1. The number of carbonyl (C=O) groups is 1. The molecule has 20 heavy (non-hydrogen) atoms. The van der Waals surface area contributed by atoms with Crippen molar-refractivity contribution in [3.8, 4) is 0 Å². The summed E-state index contributed by atoms with van der Waals surface area (Å²) >= 11 is 0. The zero-order valence-electron chi connectivity index (χ0n) is 10.9. The lowest BCUT2D eigenvalue weighted by Gasteiger charge is -2.16. The van der Waals surface area contributed by atoms with Gasteiger partial charge in [0.15, 0.2) is 0 Å². The molecule has 1 aromatic heterocycles. The van der Waals surface area contributed by atoms with Gasteiger partial charge >= 0.3 is 5.97 Å². The Kier molecular flexibility index (Phi) is 3.33. The van der Waals surface area contributed by atoms with E-state index in [-0.39, 0.29) is 5.92 Å². The van der Waals surface area contributed by atoms with Gasteiger partial charge in [-0.15, -0.1) is 0 Å². The Hall–Kier alpha value is -2.43. The maximum atomic E-state index is 11.3. The maximum absolute atomic E-state index is 11.3. The molecular weight excluding hydrogens is 254 g/mol. The van der Waals surface area contributed by atoms with Gasteiger partial charge in [-0.3, -0.25) is 0 Å². The van der Waals surface area contributed by atoms with E-state index in [4.69, 9.17) is 0 Å². The van der Waals surface area contributed by atoms with Crippen LogP contribution in [-0.4, -0.2) is 34.1 Å². The molecule has 1 saturated heterocycles. The first kappa shape index (κ1) is 12.6. The van der Waals surface area contributed by atoms with E-state index in [2.05, 4.69) is 14.9 Å². The Morgan fingerprint density at radius 3 is 2.70 bits per heavy atom. The number of carboxylic acids is 1. The predicted molar refractivity (Wildman–Crippen MR) is 75.0 cm³/mol. The molecule has 1 aliphatic rings. The number of aromatic nitrogens is 2. The van der Waals surface area contributed by atoms with Crippen molar-refractivity contribution in [2.45, 2.75) is 12.3 Å². The van der Waals surface area contributed by atoms with Crippen molar-refractivity contribution >= 4 is 11.9 Å². The molecule has 5 heteroatoms. The van der Waals surface area contributed by atoms with E-state index in [9.17, 15) is 9.90 Å². The van der Waals surface area contributed by atoms with Crippen molar-refractivity contribution in [3.63, 3.8) is 0 Å². The number of benzene rings is 1. The van der Waals surface area contributed by atoms with E-state index < -0.39 is 5.97 Å². The van der Waals surface area contributed by atoms with Crippen LogP contribution in [0.25, 0.3) is 0 Å². The molecule has 1 atom stereocenters. The van der Waals surface area contributed by atoms with Crippen molar-refractivity contribution in [2.24, 2.45) is 0 Å². The molecule has 0 saturated carbocycles. The maximum Gasteiger partial charge on any atom is 0.335 e. The molecule has 1 fully saturated rings. The lowest BCUT2D eigenvalue weighted by atomic mass is 9.93. The zero-order valence-corrected chi connectivity index (χ0v) is 10.9. The van der Waals surface area contributed by atoms with Crippen molar-refractivity contribution < 1.29 is 9.90 Å². The normalized spacial score (nSPS) is 18.2. The summed E-state index contributed by atoms with van der Waals surface area (Å²) in [6.07, 6.45) is 4.37. The first-order chi connectivity index (χ1) is 9.75. The number of aromatic carboxylic acids is 1. The summed E-state index contributed by atoms with van der Waals surface area (Å²) in [6, 6.07) is 9.02. The predicted octanol–water partition coefficient (Wildman–Crippen LogP) is 2.17. The fraction of sp³-hybridized carbons (Fsp3) is 0.267. The average molecular weight is 269 g/mol. The van der Waals surface area contributed by atoms with Crippen LogP contribution in [0.1, 0.15) is 28.3 Å². The van der Waals surface area contributed by atoms with Gasteiger partial charge in [-0.1, -0.05) is 18.2 Å². The first-order valence-electron chi connectivity index (χ1n) is 6.60. The van der Waals surface area contributed by atoms with Gasteiger partial charge in [0.05, 0.1) is 5.56 Å². The summed E-state index contributed by atoms with van der Waals surface area (Å²) in [5, 5.41) is 9.27. The van der Waals surface area contributed by atoms with Gasteiger partial charge in [0.25, 0.3) is 0 Å². The van der Waals surface area contributed by atoms with Crippen LogP contribution >= 0.6 is 0 Å². The van der Waals surface area contributed by atoms with E-state index >= 15 is 0 Å². The third kappa shape index (κ3) is 2.34. The highest BCUT2D eigenvalue weighted by Gasteiger charge is 2.28. The Balaban J connectivity index is 1.83. The molecule has 0 bridgehead atoms. The van der Waals surface area contributed by atoms with E-state index in [0.717, 1.165) is 25.1 Å². The molecule has 0 radical (unpaired) electrons. The van der Waals surface area contributed by atoms with Gasteiger partial charge in [0.1, 0.15) is 0 Å². The number of nitrogens with zero attached hydrogens (tertiary/aromatic N) is 3. The van der Waals surface area contributed by atoms with Crippen molar-refractivity contribution in [1.29, 1.82) is 0 Å². The number of rotatable bonds is 3. The number of hydrogen-bond acceptors (Lipinski definition) is 4. The molecule has 1 aliphatic heterocycles. The monoisotopic (exact) mass is 269 g/mol. The van der Waals surface area contributed by atoms with Gasteiger partial charge in [0.2, 0.25) is 5.95 Å². The molecule has 1 unspecified atom stereocenters. The Morgan fingerprint density at radius 1 is 1.20 bits per heavy atom. The highest BCUT2D eigenvalue weighted by molar-refractivity contribution is 5.89. The highest BCUT2D eigenvalue weighted by Crippen LogP contribution is 2.31. The Bertz CT molecular complexity index is 616. The lowest BCUT2D eigenvalue weighted by Crippen LogP contribution is -2.21. The highest BCUT2D eigenvalue weighted by atomic mass is 16.4. The summed E-state index contributed by atoms with van der Waals surface area (Å²) in [5.41, 5.74) is 1.30. The third-order valence-electron chi connectivity index (χ3n) is 3.65. The summed E-state index contributed by atoms with van der Waals surface area (Å²) in [4.78, 5) is 21.9. The van der Waals surface area contributed by atoms with Crippen molar-refractivity contribution in [1.82, 2.24) is 9.97 Å². The number of hydrogen-bond donors (Lipinski definition) is 1. The fourth-order valence-corrected chi connectivity index (χ4v) is 2.70.